The molecule has 10 heteroatoms. The van der Waals surface area contributed by atoms with Gasteiger partial charge in [-0.25, -0.2) is 18.5 Å². The molecule has 3 rings (SSSR count). The van der Waals surface area contributed by atoms with Crippen LogP contribution in [-0.4, -0.2) is 34.0 Å². The fourth-order valence-corrected chi connectivity index (χ4v) is 2.83. The summed E-state index contributed by atoms with van der Waals surface area (Å²) in [5, 5.41) is 18.5. The van der Waals surface area contributed by atoms with Crippen LogP contribution in [0.25, 0.3) is 22.5 Å². The number of pyridine rings is 1. The van der Waals surface area contributed by atoms with Crippen LogP contribution in [0.1, 0.15) is 0 Å². The molecule has 2 aromatic heterocycles. The molecule has 0 amide bonds. The zero-order chi connectivity index (χ0) is 15.7. The Morgan fingerprint density at radius 3 is 2.68 bits per heavy atom. The second kappa shape index (κ2) is 5.24. The van der Waals surface area contributed by atoms with Gasteiger partial charge >= 0.3 is 0 Å². The highest BCUT2D eigenvalue weighted by Crippen LogP contribution is 2.34. The Morgan fingerprint density at radius 2 is 2.05 bits per heavy atom. The van der Waals surface area contributed by atoms with Gasteiger partial charge in [0.1, 0.15) is 0 Å². The number of tetrazole rings is 1. The van der Waals surface area contributed by atoms with Gasteiger partial charge in [0.15, 0.2) is 0 Å². The molecule has 0 fully saturated rings. The maximum atomic E-state index is 13.4. The second-order valence-electron chi connectivity index (χ2n) is 4.33. The summed E-state index contributed by atoms with van der Waals surface area (Å²) < 4.78 is 37.0. The number of hydrogen-bond donors (Lipinski definition) is 2. The molecule has 2 heterocycles. The van der Waals surface area contributed by atoms with E-state index in [2.05, 4.69) is 25.6 Å². The van der Waals surface area contributed by atoms with Gasteiger partial charge in [-0.2, -0.15) is 9.60 Å². The molecular formula is C12H9FN6O2S. The lowest BCUT2D eigenvalue weighted by molar-refractivity contribution is 0.584. The third-order valence-electron chi connectivity index (χ3n) is 2.94. The topological polar surface area (TPSA) is 128 Å². The van der Waals surface area contributed by atoms with Crippen molar-refractivity contribution in [1.82, 2.24) is 25.6 Å². The summed E-state index contributed by atoms with van der Waals surface area (Å²) in [5.74, 6) is -0.658. The van der Waals surface area contributed by atoms with Crippen LogP contribution in [0.3, 0.4) is 0 Å². The van der Waals surface area contributed by atoms with Gasteiger partial charge in [0.25, 0.3) is 0 Å². The Hall–Kier alpha value is -2.72. The number of nitrogens with one attached hydrogen (secondary N) is 1. The van der Waals surface area contributed by atoms with Crippen LogP contribution >= 0.6 is 0 Å². The number of aromatic amines is 1. The van der Waals surface area contributed by atoms with Gasteiger partial charge in [-0.3, -0.25) is 0 Å². The number of benzene rings is 1. The largest absolute Gasteiger partial charge is 0.238 e. The lowest BCUT2D eigenvalue weighted by Crippen LogP contribution is -2.14. The Morgan fingerprint density at radius 1 is 1.23 bits per heavy atom. The number of aromatic nitrogens is 5. The van der Waals surface area contributed by atoms with Crippen molar-refractivity contribution in [3.05, 3.63) is 42.5 Å². The van der Waals surface area contributed by atoms with E-state index in [-0.39, 0.29) is 16.3 Å². The number of nitrogens with two attached hydrogens (primary N) is 1. The summed E-state index contributed by atoms with van der Waals surface area (Å²) >= 11 is 0. The van der Waals surface area contributed by atoms with Crippen molar-refractivity contribution in [2.45, 2.75) is 4.90 Å². The van der Waals surface area contributed by atoms with Crippen molar-refractivity contribution < 1.29 is 12.8 Å². The van der Waals surface area contributed by atoms with Crippen molar-refractivity contribution in [3.8, 4) is 22.5 Å². The summed E-state index contributed by atoms with van der Waals surface area (Å²) in [5.41, 5.74) is 0.955. The van der Waals surface area contributed by atoms with Gasteiger partial charge in [-0.15, -0.1) is 10.2 Å². The molecule has 0 spiro atoms. The molecule has 3 aromatic rings. The van der Waals surface area contributed by atoms with Crippen molar-refractivity contribution in [2.75, 3.05) is 0 Å². The summed E-state index contributed by atoms with van der Waals surface area (Å²) in [6, 6.07) is 7.13. The molecule has 112 valence electrons. The fourth-order valence-electron chi connectivity index (χ4n) is 2.08. The van der Waals surface area contributed by atoms with Crippen LogP contribution in [0.4, 0.5) is 4.39 Å². The first kappa shape index (κ1) is 14.2. The van der Waals surface area contributed by atoms with Gasteiger partial charge in [0.05, 0.1) is 10.5 Å². The van der Waals surface area contributed by atoms with Gasteiger partial charge < -0.3 is 0 Å². The molecule has 22 heavy (non-hydrogen) atoms. The summed E-state index contributed by atoms with van der Waals surface area (Å²) in [7, 11) is -4.03. The molecule has 0 bridgehead atoms. The lowest BCUT2D eigenvalue weighted by atomic mass is 10.00. The van der Waals surface area contributed by atoms with Crippen LogP contribution in [-0.2, 0) is 10.0 Å². The predicted molar refractivity (Wildman–Crippen MR) is 74.2 cm³/mol. The van der Waals surface area contributed by atoms with E-state index in [1.165, 1.54) is 30.5 Å². The number of hydrogen-bond acceptors (Lipinski definition) is 6. The molecule has 8 nitrogen and oxygen atoms in total. The van der Waals surface area contributed by atoms with E-state index in [4.69, 9.17) is 5.14 Å². The Balaban J connectivity index is 2.36. The average Bonchev–Trinajstić information content (AvgIpc) is 2.99. The van der Waals surface area contributed by atoms with Gasteiger partial charge in [0.2, 0.25) is 21.8 Å². The number of primary sulfonamides is 1. The molecule has 0 aliphatic rings. The third-order valence-corrected chi connectivity index (χ3v) is 3.89. The van der Waals surface area contributed by atoms with Crippen molar-refractivity contribution in [1.29, 1.82) is 0 Å². The predicted octanol–water partition coefficient (Wildman–Crippen LogP) is 0.715. The van der Waals surface area contributed by atoms with Crippen LogP contribution in [0.5, 0.6) is 0 Å². The number of H-pyrrole nitrogens is 1. The minimum absolute atomic E-state index is 0.0387. The maximum absolute atomic E-state index is 13.4. The molecular weight excluding hydrogens is 311 g/mol. The van der Waals surface area contributed by atoms with Crippen LogP contribution < -0.4 is 5.14 Å². The van der Waals surface area contributed by atoms with Gasteiger partial charge in [0, 0.05) is 12.3 Å². The number of halogens is 1. The monoisotopic (exact) mass is 320 g/mol. The van der Waals surface area contributed by atoms with Gasteiger partial charge in [-0.05, 0) is 28.5 Å². The van der Waals surface area contributed by atoms with E-state index in [0.717, 1.165) is 0 Å². The third kappa shape index (κ3) is 2.56. The van der Waals surface area contributed by atoms with E-state index in [1.807, 2.05) is 0 Å². The SMILES string of the molecule is NS(=O)(=O)c1cccc(-c2ccnc(F)c2)c1-c1nn[nH]n1. The standard InChI is InChI=1S/C12H9FN6O2S/c13-10-6-7(4-5-15-10)8-2-1-3-9(22(14,20)21)11(8)12-16-18-19-17-12/h1-6H,(H2,14,20,21)(H,16,17,18,19). The quantitative estimate of drug-likeness (QED) is 0.684. The highest BCUT2D eigenvalue weighted by atomic mass is 32.2. The number of nitrogens with zero attached hydrogens (tertiary/aromatic N) is 4. The van der Waals surface area contributed by atoms with Crippen molar-refractivity contribution >= 4 is 10.0 Å². The smallest absolute Gasteiger partial charge is 0.228 e. The minimum Gasteiger partial charge on any atom is -0.228 e. The normalized spacial score (nSPS) is 11.5. The maximum Gasteiger partial charge on any atom is 0.238 e. The zero-order valence-corrected chi connectivity index (χ0v) is 11.7. The second-order valence-corrected chi connectivity index (χ2v) is 5.86. The Labute approximate surface area is 124 Å². The summed E-state index contributed by atoms with van der Waals surface area (Å²) in [6.45, 7) is 0. The molecule has 0 unspecified atom stereocenters. The first-order chi connectivity index (χ1) is 10.5. The average molecular weight is 320 g/mol. The van der Waals surface area contributed by atoms with E-state index in [9.17, 15) is 12.8 Å². The lowest BCUT2D eigenvalue weighted by Gasteiger charge is -2.11. The first-order valence-electron chi connectivity index (χ1n) is 5.98. The first-order valence-corrected chi connectivity index (χ1v) is 7.53. The number of sulfonamides is 1. The number of rotatable bonds is 3. The molecule has 1 aromatic carbocycles. The highest BCUT2D eigenvalue weighted by Gasteiger charge is 2.22. The molecule has 0 atom stereocenters. The fraction of sp³-hybridized carbons (Fsp3) is 0. The molecule has 0 saturated carbocycles. The molecule has 0 aliphatic heterocycles. The summed E-state index contributed by atoms with van der Waals surface area (Å²) in [6.07, 6.45) is 1.27. The van der Waals surface area contributed by atoms with E-state index >= 15 is 0 Å². The van der Waals surface area contributed by atoms with Crippen molar-refractivity contribution in [2.24, 2.45) is 5.14 Å². The van der Waals surface area contributed by atoms with E-state index in [1.54, 1.807) is 6.07 Å². The zero-order valence-electron chi connectivity index (χ0n) is 10.9. The highest BCUT2D eigenvalue weighted by molar-refractivity contribution is 7.89. The van der Waals surface area contributed by atoms with Crippen molar-refractivity contribution in [3.63, 3.8) is 0 Å². The van der Waals surface area contributed by atoms with Gasteiger partial charge in [-0.1, -0.05) is 12.1 Å². The molecule has 3 N–H and O–H groups in total. The molecule has 0 saturated heterocycles. The van der Waals surface area contributed by atoms with Crippen LogP contribution in [0.2, 0.25) is 0 Å². The molecule has 0 radical (unpaired) electrons. The van der Waals surface area contributed by atoms with E-state index in [0.29, 0.717) is 11.1 Å². The summed E-state index contributed by atoms with van der Waals surface area (Å²) in [4.78, 5) is 3.29. The van der Waals surface area contributed by atoms with Crippen LogP contribution in [0.15, 0.2) is 41.4 Å². The Bertz CT molecular complexity index is 927. The minimum atomic E-state index is -4.03. The van der Waals surface area contributed by atoms with E-state index < -0.39 is 16.0 Å². The van der Waals surface area contributed by atoms with Crippen LogP contribution in [0, 0.1) is 5.95 Å². The Kier molecular flexibility index (Phi) is 3.39. The molecule has 0 aliphatic carbocycles.